The Morgan fingerprint density at radius 1 is 0.976 bits per heavy atom. The van der Waals surface area contributed by atoms with Crippen LogP contribution in [0.3, 0.4) is 0 Å². The van der Waals surface area contributed by atoms with E-state index in [2.05, 4.69) is 21.2 Å². The Bertz CT molecular complexity index is 1720. The van der Waals surface area contributed by atoms with E-state index in [0.717, 1.165) is 21.4 Å². The summed E-state index contributed by atoms with van der Waals surface area (Å²) in [5, 5.41) is 3.08. The lowest BCUT2D eigenvalue weighted by Gasteiger charge is -2.30. The fraction of sp³-hybridized carbons (Fsp3) is 0.172. The highest BCUT2D eigenvalue weighted by atomic mass is 79.9. The summed E-state index contributed by atoms with van der Waals surface area (Å²) in [5.41, 5.74) is 1.80. The molecule has 0 aliphatic carbocycles. The van der Waals surface area contributed by atoms with Crippen molar-refractivity contribution in [3.63, 3.8) is 0 Å². The van der Waals surface area contributed by atoms with Crippen LogP contribution in [-0.4, -0.2) is 34.6 Å². The van der Waals surface area contributed by atoms with Crippen molar-refractivity contribution in [1.82, 2.24) is 4.57 Å². The predicted octanol–water partition coefficient (Wildman–Crippen LogP) is 5.77. The minimum Gasteiger partial charge on any atom is -0.497 e. The Morgan fingerprint density at radius 3 is 2.32 bits per heavy atom. The summed E-state index contributed by atoms with van der Waals surface area (Å²) >= 11 is 11.7. The second-order valence-electron chi connectivity index (χ2n) is 9.48. The average Bonchev–Trinajstić information content (AvgIpc) is 3.40. The number of nitrogens with one attached hydrogen (secondary N) is 1. The third-order valence-corrected chi connectivity index (χ3v) is 10.4. The number of ether oxygens (including phenoxy) is 1. The van der Waals surface area contributed by atoms with Crippen molar-refractivity contribution in [2.75, 3.05) is 17.3 Å². The number of fused-ring (bicyclic) bond motifs is 2. The zero-order valence-corrected chi connectivity index (χ0v) is 25.4. The number of halogens is 2. The van der Waals surface area contributed by atoms with Crippen molar-refractivity contribution in [3.05, 3.63) is 102 Å². The van der Waals surface area contributed by atoms with E-state index < -0.39 is 23.0 Å². The molecule has 3 aromatic carbocycles. The van der Waals surface area contributed by atoms with Crippen molar-refractivity contribution >= 4 is 79.7 Å². The van der Waals surface area contributed by atoms with Gasteiger partial charge in [-0.2, -0.15) is 0 Å². The molecule has 208 valence electrons. The lowest BCUT2D eigenvalue weighted by Crippen LogP contribution is -2.33. The van der Waals surface area contributed by atoms with Crippen LogP contribution in [0.15, 0.2) is 87.1 Å². The molecule has 3 heterocycles. The highest BCUT2D eigenvalue weighted by Crippen LogP contribution is 2.54. The van der Waals surface area contributed by atoms with Gasteiger partial charge in [0.05, 0.1) is 23.7 Å². The van der Waals surface area contributed by atoms with Gasteiger partial charge in [-0.25, -0.2) is 4.90 Å². The standard InChI is InChI=1S/C29H21BrClN3O5S2/c1-39-20-12-8-18(9-13-20)32-21(35)14-33-28-25(41-29(33)38)22(15-2-6-17(31)7-3-15)23-24(40-28)27(37)34(26(23)36)19-10-4-16(30)5-11-19/h2-13,22-24H,14H2,1H3,(H,32,35)/t22-,23-,24+/m0/s1. The second-order valence-corrected chi connectivity index (χ2v) is 13.0. The van der Waals surface area contributed by atoms with E-state index in [0.29, 0.717) is 32.1 Å². The molecule has 0 unspecified atom stereocenters. The molecule has 0 spiro atoms. The van der Waals surface area contributed by atoms with Gasteiger partial charge < -0.3 is 10.1 Å². The van der Waals surface area contributed by atoms with Crippen LogP contribution in [0, 0.1) is 5.92 Å². The summed E-state index contributed by atoms with van der Waals surface area (Å²) < 4.78 is 7.37. The maximum Gasteiger partial charge on any atom is 0.308 e. The molecule has 0 saturated carbocycles. The number of anilines is 2. The van der Waals surface area contributed by atoms with E-state index in [1.54, 1.807) is 67.8 Å². The molecule has 41 heavy (non-hydrogen) atoms. The largest absolute Gasteiger partial charge is 0.497 e. The fourth-order valence-electron chi connectivity index (χ4n) is 5.15. The van der Waals surface area contributed by atoms with Crippen LogP contribution < -0.4 is 19.8 Å². The Morgan fingerprint density at radius 2 is 1.66 bits per heavy atom. The van der Waals surface area contributed by atoms with Crippen LogP contribution in [-0.2, 0) is 20.9 Å². The zero-order valence-electron chi connectivity index (χ0n) is 21.4. The number of nitrogens with zero attached hydrogens (tertiary/aromatic N) is 2. The summed E-state index contributed by atoms with van der Waals surface area (Å²) in [6, 6.07) is 20.9. The van der Waals surface area contributed by atoms with Gasteiger partial charge in [-0.3, -0.25) is 23.7 Å². The lowest BCUT2D eigenvalue weighted by atomic mass is 9.83. The van der Waals surface area contributed by atoms with Crippen molar-refractivity contribution in [2.45, 2.75) is 22.7 Å². The Hall–Kier alpha value is -3.38. The third kappa shape index (κ3) is 5.12. The van der Waals surface area contributed by atoms with Gasteiger partial charge in [0.2, 0.25) is 17.7 Å². The van der Waals surface area contributed by atoms with Crippen molar-refractivity contribution < 1.29 is 19.1 Å². The van der Waals surface area contributed by atoms with E-state index in [9.17, 15) is 19.2 Å². The minimum atomic E-state index is -0.774. The monoisotopic (exact) mass is 669 g/mol. The van der Waals surface area contributed by atoms with Crippen molar-refractivity contribution in [1.29, 1.82) is 0 Å². The number of thiazole rings is 1. The van der Waals surface area contributed by atoms with Gasteiger partial charge in [-0.05, 0) is 66.2 Å². The Labute approximate surface area is 256 Å². The summed E-state index contributed by atoms with van der Waals surface area (Å²) in [5.74, 6) is -1.72. The quantitative estimate of drug-likeness (QED) is 0.262. The number of carbonyl (C=O) groups is 3. The highest BCUT2D eigenvalue weighted by molar-refractivity contribution is 9.10. The molecule has 8 nitrogen and oxygen atoms in total. The number of thioether (sulfide) groups is 1. The smallest absolute Gasteiger partial charge is 0.308 e. The van der Waals surface area contributed by atoms with Crippen LogP contribution in [0.4, 0.5) is 11.4 Å². The Kier molecular flexibility index (Phi) is 7.54. The molecule has 4 aromatic rings. The highest BCUT2D eigenvalue weighted by Gasteiger charge is 2.56. The molecule has 1 aromatic heterocycles. The van der Waals surface area contributed by atoms with E-state index >= 15 is 0 Å². The first-order valence-corrected chi connectivity index (χ1v) is 15.3. The van der Waals surface area contributed by atoms with Crippen LogP contribution in [0.25, 0.3) is 0 Å². The molecule has 12 heteroatoms. The fourth-order valence-corrected chi connectivity index (χ4v) is 8.31. The molecule has 0 bridgehead atoms. The molecule has 1 N–H and O–H groups in total. The third-order valence-electron chi connectivity index (χ3n) is 7.04. The number of imide groups is 1. The average molecular weight is 671 g/mol. The predicted molar refractivity (Wildman–Crippen MR) is 163 cm³/mol. The number of amides is 3. The van der Waals surface area contributed by atoms with Crippen LogP contribution >= 0.6 is 50.6 Å². The molecule has 1 fully saturated rings. The van der Waals surface area contributed by atoms with Gasteiger partial charge in [0.25, 0.3) is 0 Å². The van der Waals surface area contributed by atoms with Gasteiger partial charge in [0.15, 0.2) is 0 Å². The van der Waals surface area contributed by atoms with Crippen LogP contribution in [0.1, 0.15) is 16.4 Å². The van der Waals surface area contributed by atoms with Crippen molar-refractivity contribution in [2.24, 2.45) is 5.92 Å². The molecule has 2 aliphatic heterocycles. The van der Waals surface area contributed by atoms with E-state index in [4.69, 9.17) is 16.3 Å². The molecule has 2 aliphatic rings. The topological polar surface area (TPSA) is 97.7 Å². The maximum atomic E-state index is 13.9. The van der Waals surface area contributed by atoms with Crippen LogP contribution in [0.5, 0.6) is 5.75 Å². The number of hydrogen-bond acceptors (Lipinski definition) is 7. The Balaban J connectivity index is 1.38. The van der Waals surface area contributed by atoms with Crippen LogP contribution in [0.2, 0.25) is 5.02 Å². The molecule has 3 atom stereocenters. The van der Waals surface area contributed by atoms with Crippen molar-refractivity contribution in [3.8, 4) is 5.75 Å². The van der Waals surface area contributed by atoms with E-state index in [1.165, 1.54) is 21.2 Å². The number of benzene rings is 3. The number of aromatic nitrogens is 1. The molecular formula is C29H21BrClN3O5S2. The summed E-state index contributed by atoms with van der Waals surface area (Å²) in [6.45, 7) is -0.243. The lowest BCUT2D eigenvalue weighted by molar-refractivity contribution is -0.122. The molecule has 6 rings (SSSR count). The van der Waals surface area contributed by atoms with E-state index in [1.807, 2.05) is 12.1 Å². The number of hydrogen-bond donors (Lipinski definition) is 1. The summed E-state index contributed by atoms with van der Waals surface area (Å²) in [7, 11) is 1.56. The molecule has 0 radical (unpaired) electrons. The normalized spacial score (nSPS) is 19.6. The zero-order chi connectivity index (χ0) is 28.8. The number of carbonyl (C=O) groups excluding carboxylic acids is 3. The van der Waals surface area contributed by atoms with Gasteiger partial charge >= 0.3 is 4.87 Å². The SMILES string of the molecule is COc1ccc(NC(=O)Cn2c3c(sc2=O)[C@@H](c2ccc(Cl)cc2)[C@@H]2C(=O)N(c4ccc(Br)cc4)C(=O)[C@@H]2S3)cc1. The molecular weight excluding hydrogens is 650 g/mol. The second kappa shape index (κ2) is 11.1. The van der Waals surface area contributed by atoms with Gasteiger partial charge in [-0.15, -0.1) is 0 Å². The minimum absolute atomic E-state index is 0.243. The molecule has 1 saturated heterocycles. The number of methoxy groups -OCH3 is 1. The maximum absolute atomic E-state index is 13.9. The van der Waals surface area contributed by atoms with Gasteiger partial charge in [0.1, 0.15) is 17.5 Å². The number of rotatable bonds is 6. The first kappa shape index (κ1) is 27.8. The van der Waals surface area contributed by atoms with Gasteiger partial charge in [0, 0.05) is 26.0 Å². The van der Waals surface area contributed by atoms with Gasteiger partial charge in [-0.1, -0.05) is 62.8 Å². The first-order chi connectivity index (χ1) is 19.7. The first-order valence-electron chi connectivity index (χ1n) is 12.5. The summed E-state index contributed by atoms with van der Waals surface area (Å²) in [6.07, 6.45) is 0. The van der Waals surface area contributed by atoms with E-state index in [-0.39, 0.29) is 23.2 Å². The summed E-state index contributed by atoms with van der Waals surface area (Å²) in [4.78, 5) is 55.5. The molecule has 3 amide bonds.